The molecule has 0 aliphatic rings. The molecule has 2 heteroatoms. The van der Waals surface area contributed by atoms with E-state index in [1.807, 2.05) is 0 Å². The Kier molecular flexibility index (Phi) is 14.2. The molecule has 0 saturated heterocycles. The van der Waals surface area contributed by atoms with Crippen LogP contribution in [0.5, 0.6) is 0 Å². The molecule has 0 rings (SSSR count). The van der Waals surface area contributed by atoms with Gasteiger partial charge < -0.3 is 9.64 Å². The minimum atomic E-state index is 0.246. The molecule has 0 aliphatic carbocycles. The first-order valence-corrected chi connectivity index (χ1v) is 9.15. The summed E-state index contributed by atoms with van der Waals surface area (Å²) in [5.74, 6) is 0.588. The van der Waals surface area contributed by atoms with Gasteiger partial charge in [-0.05, 0) is 72.5 Å². The number of hydrogen-bond acceptors (Lipinski definition) is 2. The molecule has 0 spiro atoms. The van der Waals surface area contributed by atoms with E-state index in [0.29, 0.717) is 5.92 Å². The molecule has 1 unspecified atom stereocenters. The predicted molar refractivity (Wildman–Crippen MR) is 104 cm³/mol. The summed E-state index contributed by atoms with van der Waals surface area (Å²) >= 11 is 0. The van der Waals surface area contributed by atoms with Crippen LogP contribution in [0.15, 0.2) is 36.0 Å². The molecule has 0 aromatic carbocycles. The van der Waals surface area contributed by atoms with Crippen LogP contribution in [0.25, 0.3) is 0 Å². The van der Waals surface area contributed by atoms with Gasteiger partial charge in [0.2, 0.25) is 0 Å². The summed E-state index contributed by atoms with van der Waals surface area (Å²) in [6.07, 6.45) is 17.1. The van der Waals surface area contributed by atoms with Crippen LogP contribution in [-0.2, 0) is 4.74 Å². The molecule has 0 amide bonds. The largest absolute Gasteiger partial charge is 0.374 e. The first kappa shape index (κ1) is 22.1. The Labute approximate surface area is 145 Å². The van der Waals surface area contributed by atoms with Gasteiger partial charge in [0.15, 0.2) is 0 Å². The zero-order valence-electron chi connectivity index (χ0n) is 16.3. The van der Waals surface area contributed by atoms with Crippen molar-refractivity contribution >= 4 is 0 Å². The number of nitrogens with zero attached hydrogens (tertiary/aromatic N) is 1. The Balaban J connectivity index is 4.25. The van der Waals surface area contributed by atoms with Crippen molar-refractivity contribution in [1.82, 2.24) is 4.90 Å². The van der Waals surface area contributed by atoms with E-state index >= 15 is 0 Å². The fourth-order valence-electron chi connectivity index (χ4n) is 2.26. The Hall–Kier alpha value is -0.860. The smallest absolute Gasteiger partial charge is 0.0761 e. The fourth-order valence-corrected chi connectivity index (χ4v) is 2.26. The van der Waals surface area contributed by atoms with Crippen molar-refractivity contribution in [2.75, 3.05) is 27.2 Å². The molecule has 0 aliphatic heterocycles. The number of unbranched alkanes of at least 4 members (excludes halogenated alkanes) is 1. The van der Waals surface area contributed by atoms with Crippen LogP contribution in [0, 0.1) is 5.92 Å². The standard InChI is InChI=1S/C21H39NO/c1-7-8-11-15-21(23-18-19(2)3)17-20(4)14-12-9-10-13-16-22(5)6/h7-9,12,17,19,21H,10-11,13-16,18H2,1-6H3/b8-7-,12-9-,20-17+. The zero-order chi connectivity index (χ0) is 17.5. The van der Waals surface area contributed by atoms with E-state index in [2.05, 4.69) is 77.1 Å². The van der Waals surface area contributed by atoms with Gasteiger partial charge in [-0.25, -0.2) is 0 Å². The second-order valence-electron chi connectivity index (χ2n) is 7.05. The quantitative estimate of drug-likeness (QED) is 0.322. The average molecular weight is 322 g/mol. The van der Waals surface area contributed by atoms with Crippen LogP contribution in [0.4, 0.5) is 0 Å². The maximum atomic E-state index is 6.05. The third-order valence-corrected chi connectivity index (χ3v) is 3.55. The van der Waals surface area contributed by atoms with Crippen LogP contribution in [0.3, 0.4) is 0 Å². The van der Waals surface area contributed by atoms with Gasteiger partial charge in [-0.3, -0.25) is 0 Å². The number of rotatable bonds is 13. The van der Waals surface area contributed by atoms with E-state index in [9.17, 15) is 0 Å². The Bertz CT molecular complexity index is 353. The highest BCUT2D eigenvalue weighted by atomic mass is 16.5. The third-order valence-electron chi connectivity index (χ3n) is 3.55. The van der Waals surface area contributed by atoms with Gasteiger partial charge >= 0.3 is 0 Å². The fraction of sp³-hybridized carbons (Fsp3) is 0.714. The molecule has 0 heterocycles. The third kappa shape index (κ3) is 15.8. The van der Waals surface area contributed by atoms with Gasteiger partial charge in [0.1, 0.15) is 0 Å². The average Bonchev–Trinajstić information content (AvgIpc) is 2.48. The minimum absolute atomic E-state index is 0.246. The van der Waals surface area contributed by atoms with Crippen LogP contribution in [0.1, 0.15) is 59.8 Å². The lowest BCUT2D eigenvalue weighted by Gasteiger charge is -2.16. The molecule has 134 valence electrons. The summed E-state index contributed by atoms with van der Waals surface area (Å²) in [6, 6.07) is 0. The highest BCUT2D eigenvalue weighted by Gasteiger charge is 2.06. The van der Waals surface area contributed by atoms with Crippen molar-refractivity contribution in [3.63, 3.8) is 0 Å². The van der Waals surface area contributed by atoms with E-state index in [0.717, 1.165) is 32.4 Å². The van der Waals surface area contributed by atoms with Gasteiger partial charge in [0.05, 0.1) is 6.10 Å². The summed E-state index contributed by atoms with van der Waals surface area (Å²) < 4.78 is 6.05. The van der Waals surface area contributed by atoms with Crippen molar-refractivity contribution in [3.8, 4) is 0 Å². The van der Waals surface area contributed by atoms with E-state index in [4.69, 9.17) is 4.74 Å². The van der Waals surface area contributed by atoms with Crippen molar-refractivity contribution < 1.29 is 4.74 Å². The lowest BCUT2D eigenvalue weighted by molar-refractivity contribution is 0.0602. The van der Waals surface area contributed by atoms with Gasteiger partial charge in [-0.1, -0.05) is 49.8 Å². The van der Waals surface area contributed by atoms with E-state index < -0.39 is 0 Å². The van der Waals surface area contributed by atoms with Crippen LogP contribution in [0.2, 0.25) is 0 Å². The zero-order valence-corrected chi connectivity index (χ0v) is 16.3. The lowest BCUT2D eigenvalue weighted by atomic mass is 10.1. The van der Waals surface area contributed by atoms with Crippen LogP contribution in [-0.4, -0.2) is 38.3 Å². The minimum Gasteiger partial charge on any atom is -0.374 e. The first-order valence-electron chi connectivity index (χ1n) is 9.15. The molecule has 0 saturated carbocycles. The molecule has 0 radical (unpaired) electrons. The molecule has 1 atom stereocenters. The maximum Gasteiger partial charge on any atom is 0.0761 e. The number of hydrogen-bond donors (Lipinski definition) is 0. The molecule has 0 bridgehead atoms. The summed E-state index contributed by atoms with van der Waals surface area (Å²) in [5, 5.41) is 0. The summed E-state index contributed by atoms with van der Waals surface area (Å²) in [5.41, 5.74) is 1.41. The molecule has 0 N–H and O–H groups in total. The SMILES string of the molecule is C/C=C\CCC(/C=C(\C)C/C=C\CCCN(C)C)OCC(C)C. The monoisotopic (exact) mass is 321 g/mol. The molecular formula is C21H39NO. The molecule has 0 aromatic heterocycles. The van der Waals surface area contributed by atoms with Gasteiger partial charge in [-0.2, -0.15) is 0 Å². The van der Waals surface area contributed by atoms with Gasteiger partial charge in [-0.15, -0.1) is 0 Å². The predicted octanol–water partition coefficient (Wildman–Crippen LogP) is 5.62. The van der Waals surface area contributed by atoms with Gasteiger partial charge in [0, 0.05) is 6.61 Å². The first-order chi connectivity index (χ1) is 11.0. The van der Waals surface area contributed by atoms with E-state index in [1.165, 1.54) is 18.4 Å². The van der Waals surface area contributed by atoms with E-state index in [-0.39, 0.29) is 6.10 Å². The topological polar surface area (TPSA) is 12.5 Å². The van der Waals surface area contributed by atoms with Gasteiger partial charge in [0.25, 0.3) is 0 Å². The van der Waals surface area contributed by atoms with Crippen molar-refractivity contribution in [2.24, 2.45) is 5.92 Å². The van der Waals surface area contributed by atoms with Crippen LogP contribution >= 0.6 is 0 Å². The lowest BCUT2D eigenvalue weighted by Crippen LogP contribution is -2.14. The normalized spacial score (nSPS) is 14.7. The second kappa shape index (κ2) is 14.7. The Morgan fingerprint density at radius 3 is 2.43 bits per heavy atom. The summed E-state index contributed by atoms with van der Waals surface area (Å²) in [7, 11) is 4.25. The molecule has 0 fully saturated rings. The molecule has 23 heavy (non-hydrogen) atoms. The number of ether oxygens (including phenoxy) is 1. The number of allylic oxidation sites excluding steroid dienone is 5. The molecular weight excluding hydrogens is 282 g/mol. The van der Waals surface area contributed by atoms with Crippen molar-refractivity contribution in [3.05, 3.63) is 36.0 Å². The molecule has 2 nitrogen and oxygen atoms in total. The second-order valence-corrected chi connectivity index (χ2v) is 7.05. The van der Waals surface area contributed by atoms with Crippen molar-refractivity contribution in [2.45, 2.75) is 65.9 Å². The highest BCUT2D eigenvalue weighted by molar-refractivity contribution is 5.07. The Morgan fingerprint density at radius 2 is 1.83 bits per heavy atom. The van der Waals surface area contributed by atoms with E-state index in [1.54, 1.807) is 0 Å². The maximum absolute atomic E-state index is 6.05. The highest BCUT2D eigenvalue weighted by Crippen LogP contribution is 2.12. The summed E-state index contributed by atoms with van der Waals surface area (Å²) in [4.78, 5) is 2.24. The van der Waals surface area contributed by atoms with Crippen molar-refractivity contribution in [1.29, 1.82) is 0 Å². The van der Waals surface area contributed by atoms with Crippen LogP contribution < -0.4 is 0 Å². The summed E-state index contributed by atoms with van der Waals surface area (Å²) in [6.45, 7) is 10.7. The Morgan fingerprint density at radius 1 is 1.09 bits per heavy atom. The molecule has 0 aromatic rings.